The average molecular weight is 276 g/mol. The lowest BCUT2D eigenvalue weighted by Crippen LogP contribution is -2.52. The zero-order chi connectivity index (χ0) is 14.4. The number of benzene rings is 1. The van der Waals surface area contributed by atoms with Gasteiger partial charge >= 0.3 is 0 Å². The quantitative estimate of drug-likeness (QED) is 0.838. The monoisotopic (exact) mass is 276 g/mol. The lowest BCUT2D eigenvalue weighted by atomic mass is 9.95. The van der Waals surface area contributed by atoms with E-state index < -0.39 is 0 Å². The Hall–Kier alpha value is -0.900. The number of β-amino-alcohol motifs (C(OH)–C–C–N with tert-alkyl or cyclic N) is 1. The van der Waals surface area contributed by atoms with Crippen molar-refractivity contribution in [2.24, 2.45) is 0 Å². The van der Waals surface area contributed by atoms with E-state index in [4.69, 9.17) is 0 Å². The summed E-state index contributed by atoms with van der Waals surface area (Å²) in [6, 6.07) is 11.0. The van der Waals surface area contributed by atoms with Crippen LogP contribution < -0.4 is 5.32 Å². The third-order valence-electron chi connectivity index (χ3n) is 4.36. The van der Waals surface area contributed by atoms with Gasteiger partial charge < -0.3 is 10.4 Å². The number of nitrogens with one attached hydrogen (secondary N) is 1. The fourth-order valence-corrected chi connectivity index (χ4v) is 3.27. The zero-order valence-electron chi connectivity index (χ0n) is 12.8. The second-order valence-electron chi connectivity index (χ2n) is 5.83. The summed E-state index contributed by atoms with van der Waals surface area (Å²) < 4.78 is 0. The van der Waals surface area contributed by atoms with Gasteiger partial charge in [-0.3, -0.25) is 4.90 Å². The second kappa shape index (κ2) is 7.77. The molecule has 3 unspecified atom stereocenters. The molecule has 2 rings (SSSR count). The van der Waals surface area contributed by atoms with E-state index in [2.05, 4.69) is 24.1 Å². The van der Waals surface area contributed by atoms with E-state index in [1.165, 1.54) is 19.3 Å². The van der Waals surface area contributed by atoms with Crippen LogP contribution in [0.3, 0.4) is 0 Å². The molecule has 0 aromatic heterocycles. The zero-order valence-corrected chi connectivity index (χ0v) is 12.8. The van der Waals surface area contributed by atoms with Crippen molar-refractivity contribution in [3.8, 4) is 0 Å². The summed E-state index contributed by atoms with van der Waals surface area (Å²) in [6.07, 6.45) is 3.40. The molecule has 3 nitrogen and oxygen atoms in total. The topological polar surface area (TPSA) is 35.5 Å². The van der Waals surface area contributed by atoms with Crippen molar-refractivity contribution < 1.29 is 5.11 Å². The third-order valence-corrected chi connectivity index (χ3v) is 4.36. The summed E-state index contributed by atoms with van der Waals surface area (Å²) in [6.45, 7) is 7.27. The molecule has 0 radical (unpaired) electrons. The van der Waals surface area contributed by atoms with Gasteiger partial charge in [-0.1, -0.05) is 43.7 Å². The van der Waals surface area contributed by atoms with Crippen molar-refractivity contribution in [2.75, 3.05) is 19.6 Å². The van der Waals surface area contributed by atoms with Crippen molar-refractivity contribution in [3.63, 3.8) is 0 Å². The summed E-state index contributed by atoms with van der Waals surface area (Å²) in [4.78, 5) is 2.47. The Kier molecular flexibility index (Phi) is 6.02. The standard InChI is InChI=1S/C17H28N2O/c1-3-18-14(2)16-11-7-8-12-19(16)13-17(20)15-9-5-4-6-10-15/h4-6,9-10,14,16-18,20H,3,7-8,11-13H2,1-2H3. The second-order valence-corrected chi connectivity index (χ2v) is 5.83. The first kappa shape index (κ1) is 15.5. The minimum absolute atomic E-state index is 0.384. The van der Waals surface area contributed by atoms with Gasteiger partial charge in [-0.05, 0) is 38.4 Å². The summed E-state index contributed by atoms with van der Waals surface area (Å²) in [5.74, 6) is 0. The molecule has 112 valence electrons. The number of aliphatic hydroxyl groups is 1. The Labute approximate surface area is 123 Å². The highest BCUT2D eigenvalue weighted by Gasteiger charge is 2.28. The first-order valence-electron chi connectivity index (χ1n) is 7.92. The molecule has 1 aromatic carbocycles. The Morgan fingerprint density at radius 2 is 2.05 bits per heavy atom. The fraction of sp³-hybridized carbons (Fsp3) is 0.647. The molecule has 0 spiro atoms. The fourth-order valence-electron chi connectivity index (χ4n) is 3.27. The average Bonchev–Trinajstić information content (AvgIpc) is 2.49. The molecular formula is C17H28N2O. The number of hydrogen-bond donors (Lipinski definition) is 2. The lowest BCUT2D eigenvalue weighted by Gasteiger charge is -2.40. The molecule has 0 aliphatic carbocycles. The Morgan fingerprint density at radius 1 is 1.30 bits per heavy atom. The molecule has 1 saturated heterocycles. The number of piperidine rings is 1. The highest BCUT2D eigenvalue weighted by Crippen LogP contribution is 2.23. The van der Waals surface area contributed by atoms with Gasteiger partial charge in [-0.2, -0.15) is 0 Å². The summed E-state index contributed by atoms with van der Waals surface area (Å²) in [5.41, 5.74) is 1.02. The predicted octanol–water partition coefficient (Wildman–Crippen LogP) is 2.57. The maximum absolute atomic E-state index is 10.4. The number of aliphatic hydroxyl groups excluding tert-OH is 1. The number of likely N-dealkylation sites (tertiary alicyclic amines) is 1. The van der Waals surface area contributed by atoms with Crippen LogP contribution in [0.2, 0.25) is 0 Å². The van der Waals surface area contributed by atoms with Crippen LogP contribution in [0.15, 0.2) is 30.3 Å². The van der Waals surface area contributed by atoms with Crippen LogP contribution >= 0.6 is 0 Å². The molecule has 3 atom stereocenters. The molecule has 1 aromatic rings. The first-order valence-corrected chi connectivity index (χ1v) is 7.92. The van der Waals surface area contributed by atoms with E-state index in [-0.39, 0.29) is 6.10 Å². The number of rotatable bonds is 6. The van der Waals surface area contributed by atoms with Crippen LogP contribution in [0.25, 0.3) is 0 Å². The molecule has 1 aliphatic heterocycles. The molecule has 20 heavy (non-hydrogen) atoms. The number of nitrogens with zero attached hydrogens (tertiary/aromatic N) is 1. The largest absolute Gasteiger partial charge is 0.387 e. The highest BCUT2D eigenvalue weighted by atomic mass is 16.3. The smallest absolute Gasteiger partial charge is 0.0917 e. The van der Waals surface area contributed by atoms with Gasteiger partial charge in [0.2, 0.25) is 0 Å². The Bertz CT molecular complexity index is 382. The van der Waals surface area contributed by atoms with Gasteiger partial charge in [0, 0.05) is 18.6 Å². The molecule has 1 fully saturated rings. The van der Waals surface area contributed by atoms with E-state index in [9.17, 15) is 5.11 Å². The van der Waals surface area contributed by atoms with Crippen LogP contribution in [0.5, 0.6) is 0 Å². The van der Waals surface area contributed by atoms with Gasteiger partial charge in [0.15, 0.2) is 0 Å². The lowest BCUT2D eigenvalue weighted by molar-refractivity contribution is 0.0544. The van der Waals surface area contributed by atoms with E-state index in [0.29, 0.717) is 12.1 Å². The molecule has 1 aliphatic rings. The maximum Gasteiger partial charge on any atom is 0.0917 e. The number of hydrogen-bond acceptors (Lipinski definition) is 3. The van der Waals surface area contributed by atoms with Crippen molar-refractivity contribution in [2.45, 2.75) is 51.3 Å². The Morgan fingerprint density at radius 3 is 2.75 bits per heavy atom. The van der Waals surface area contributed by atoms with Crippen molar-refractivity contribution in [3.05, 3.63) is 35.9 Å². The van der Waals surface area contributed by atoms with Crippen molar-refractivity contribution >= 4 is 0 Å². The first-order chi connectivity index (χ1) is 9.72. The van der Waals surface area contributed by atoms with Crippen molar-refractivity contribution in [1.82, 2.24) is 10.2 Å². The Balaban J connectivity index is 1.98. The molecule has 3 heteroatoms. The minimum atomic E-state index is -0.384. The van der Waals surface area contributed by atoms with Crippen LogP contribution in [-0.2, 0) is 0 Å². The van der Waals surface area contributed by atoms with Gasteiger partial charge in [0.1, 0.15) is 0 Å². The third kappa shape index (κ3) is 4.05. The molecule has 0 bridgehead atoms. The SMILES string of the molecule is CCNC(C)C1CCCCN1CC(O)c1ccccc1. The summed E-state index contributed by atoms with van der Waals surface area (Å²) in [7, 11) is 0. The molecule has 1 heterocycles. The van der Waals surface area contributed by atoms with E-state index in [0.717, 1.165) is 25.2 Å². The van der Waals surface area contributed by atoms with Crippen LogP contribution in [0, 0.1) is 0 Å². The number of likely N-dealkylation sites (N-methyl/N-ethyl adjacent to an activating group) is 1. The van der Waals surface area contributed by atoms with E-state index >= 15 is 0 Å². The van der Waals surface area contributed by atoms with Gasteiger partial charge in [-0.15, -0.1) is 0 Å². The predicted molar refractivity (Wildman–Crippen MR) is 83.8 cm³/mol. The van der Waals surface area contributed by atoms with E-state index in [1.54, 1.807) is 0 Å². The summed E-state index contributed by atoms with van der Waals surface area (Å²) >= 11 is 0. The van der Waals surface area contributed by atoms with Crippen LogP contribution in [-0.4, -0.2) is 41.7 Å². The van der Waals surface area contributed by atoms with Gasteiger partial charge in [0.05, 0.1) is 6.10 Å². The molecular weight excluding hydrogens is 248 g/mol. The molecule has 0 saturated carbocycles. The van der Waals surface area contributed by atoms with Crippen LogP contribution in [0.1, 0.15) is 44.8 Å². The minimum Gasteiger partial charge on any atom is -0.387 e. The molecule has 2 N–H and O–H groups in total. The van der Waals surface area contributed by atoms with Gasteiger partial charge in [-0.25, -0.2) is 0 Å². The highest BCUT2D eigenvalue weighted by molar-refractivity contribution is 5.17. The van der Waals surface area contributed by atoms with Crippen LogP contribution in [0.4, 0.5) is 0 Å². The molecule has 0 amide bonds. The van der Waals surface area contributed by atoms with Gasteiger partial charge in [0.25, 0.3) is 0 Å². The normalized spacial score (nSPS) is 23.4. The van der Waals surface area contributed by atoms with E-state index in [1.807, 2.05) is 30.3 Å². The maximum atomic E-state index is 10.4. The van der Waals surface area contributed by atoms with Crippen molar-refractivity contribution in [1.29, 1.82) is 0 Å². The summed E-state index contributed by atoms with van der Waals surface area (Å²) in [5, 5.41) is 14.0.